The molecule has 0 aromatic heterocycles. The zero-order valence-corrected chi connectivity index (χ0v) is 12.7. The van der Waals surface area contributed by atoms with E-state index in [4.69, 9.17) is 9.47 Å². The number of ether oxygens (including phenoxy) is 2. The monoisotopic (exact) mass is 300 g/mol. The maximum absolute atomic E-state index is 12.4. The third kappa shape index (κ3) is 3.12. The zero-order chi connectivity index (χ0) is 14.8. The summed E-state index contributed by atoms with van der Waals surface area (Å²) < 4.78 is 37.8. The molecule has 0 amide bonds. The number of rotatable bonds is 5. The highest BCUT2D eigenvalue weighted by atomic mass is 32.2. The quantitative estimate of drug-likeness (QED) is 0.816. The van der Waals surface area contributed by atoms with Gasteiger partial charge in [-0.1, -0.05) is 0 Å². The molecule has 1 saturated heterocycles. The molecule has 1 fully saturated rings. The highest BCUT2D eigenvalue weighted by Crippen LogP contribution is 2.21. The first-order valence-electron chi connectivity index (χ1n) is 6.38. The van der Waals surface area contributed by atoms with Crippen LogP contribution in [0.4, 0.5) is 0 Å². The molecule has 1 unspecified atom stereocenters. The summed E-state index contributed by atoms with van der Waals surface area (Å²) in [6, 6.07) is 4.54. The van der Waals surface area contributed by atoms with Crippen LogP contribution in [0, 0.1) is 6.92 Å². The summed E-state index contributed by atoms with van der Waals surface area (Å²) in [4.78, 5) is 0.234. The highest BCUT2D eigenvalue weighted by Gasteiger charge is 2.31. The minimum atomic E-state index is -3.56. The van der Waals surface area contributed by atoms with Crippen LogP contribution < -0.4 is 14.8 Å². The molecule has 20 heavy (non-hydrogen) atoms. The van der Waals surface area contributed by atoms with Crippen LogP contribution in [0.3, 0.4) is 0 Å². The minimum Gasteiger partial charge on any atom is -0.496 e. The molecule has 0 aliphatic carbocycles. The Labute approximate surface area is 119 Å². The van der Waals surface area contributed by atoms with Crippen LogP contribution in [-0.2, 0) is 14.8 Å². The maximum Gasteiger partial charge on any atom is 0.240 e. The van der Waals surface area contributed by atoms with Gasteiger partial charge in [0.15, 0.2) is 0 Å². The largest absolute Gasteiger partial charge is 0.496 e. The van der Waals surface area contributed by atoms with Gasteiger partial charge in [-0.05, 0) is 30.7 Å². The van der Waals surface area contributed by atoms with Crippen molar-refractivity contribution in [3.05, 3.63) is 23.8 Å². The van der Waals surface area contributed by atoms with E-state index in [0.717, 1.165) is 5.56 Å². The number of benzene rings is 1. The van der Waals surface area contributed by atoms with Crippen LogP contribution >= 0.6 is 0 Å². The van der Waals surface area contributed by atoms with Gasteiger partial charge in [-0.15, -0.1) is 0 Å². The van der Waals surface area contributed by atoms with Crippen molar-refractivity contribution in [3.8, 4) is 5.75 Å². The molecule has 7 heteroatoms. The lowest BCUT2D eigenvalue weighted by molar-refractivity contribution is 0.103. The topological polar surface area (TPSA) is 76.7 Å². The fourth-order valence-corrected chi connectivity index (χ4v) is 3.65. The van der Waals surface area contributed by atoms with Gasteiger partial charge in [0.25, 0.3) is 0 Å². The lowest BCUT2D eigenvalue weighted by Crippen LogP contribution is -2.43. The Morgan fingerprint density at radius 2 is 2.05 bits per heavy atom. The minimum absolute atomic E-state index is 0.149. The first kappa shape index (κ1) is 15.2. The first-order valence-corrected chi connectivity index (χ1v) is 7.86. The van der Waals surface area contributed by atoms with E-state index in [1.807, 2.05) is 6.92 Å². The van der Waals surface area contributed by atoms with Crippen LogP contribution in [-0.4, -0.2) is 47.9 Å². The van der Waals surface area contributed by atoms with E-state index in [1.165, 1.54) is 0 Å². The van der Waals surface area contributed by atoms with Gasteiger partial charge in [0.1, 0.15) is 5.75 Å². The standard InChI is InChI=1S/C13H20N2O4S/c1-9-6-10(4-5-12(9)18-2)20(16,17)15-11-7-14-8-13(11)19-3/h4-6,11,13-15H,7-8H2,1-3H3/t11?,13-/m0/s1. The molecular weight excluding hydrogens is 280 g/mol. The van der Waals surface area contributed by atoms with E-state index in [9.17, 15) is 8.42 Å². The van der Waals surface area contributed by atoms with E-state index >= 15 is 0 Å². The summed E-state index contributed by atoms with van der Waals surface area (Å²) in [5.74, 6) is 0.668. The molecule has 2 rings (SSSR count). The molecule has 1 aliphatic rings. The third-order valence-electron chi connectivity index (χ3n) is 3.44. The van der Waals surface area contributed by atoms with Crippen LogP contribution in [0.1, 0.15) is 5.56 Å². The van der Waals surface area contributed by atoms with Gasteiger partial charge < -0.3 is 14.8 Å². The second-order valence-electron chi connectivity index (χ2n) is 4.79. The molecule has 0 saturated carbocycles. The van der Waals surface area contributed by atoms with Crippen molar-refractivity contribution in [1.82, 2.24) is 10.0 Å². The molecule has 2 atom stereocenters. The summed E-state index contributed by atoms with van der Waals surface area (Å²) in [5, 5.41) is 3.11. The number of hydrogen-bond acceptors (Lipinski definition) is 5. The van der Waals surface area contributed by atoms with Gasteiger partial charge >= 0.3 is 0 Å². The van der Waals surface area contributed by atoms with Gasteiger partial charge in [0.05, 0.1) is 24.2 Å². The van der Waals surface area contributed by atoms with Gasteiger partial charge in [-0.25, -0.2) is 13.1 Å². The average molecular weight is 300 g/mol. The molecule has 0 radical (unpaired) electrons. The van der Waals surface area contributed by atoms with Gasteiger partial charge in [-0.2, -0.15) is 0 Å². The summed E-state index contributed by atoms with van der Waals surface area (Å²) in [7, 11) is -0.422. The molecule has 1 aliphatic heterocycles. The summed E-state index contributed by atoms with van der Waals surface area (Å²) in [5.41, 5.74) is 0.781. The smallest absolute Gasteiger partial charge is 0.240 e. The van der Waals surface area contributed by atoms with Crippen LogP contribution in [0.25, 0.3) is 0 Å². The Balaban J connectivity index is 2.20. The average Bonchev–Trinajstić information content (AvgIpc) is 2.85. The third-order valence-corrected chi connectivity index (χ3v) is 4.93. The number of hydrogen-bond donors (Lipinski definition) is 2. The zero-order valence-electron chi connectivity index (χ0n) is 11.8. The normalized spacial score (nSPS) is 22.9. The predicted octanol–water partition coefficient (Wildman–Crippen LogP) is 0.269. The van der Waals surface area contributed by atoms with Crippen molar-refractivity contribution in [3.63, 3.8) is 0 Å². The van der Waals surface area contributed by atoms with E-state index in [2.05, 4.69) is 10.0 Å². The fraction of sp³-hybridized carbons (Fsp3) is 0.538. The number of aryl methyl sites for hydroxylation is 1. The number of nitrogens with one attached hydrogen (secondary N) is 2. The summed E-state index contributed by atoms with van der Waals surface area (Å²) in [6.45, 7) is 3.02. The molecule has 6 nitrogen and oxygen atoms in total. The van der Waals surface area contributed by atoms with Crippen molar-refractivity contribution in [2.45, 2.75) is 24.0 Å². The van der Waals surface area contributed by atoms with E-state index in [1.54, 1.807) is 32.4 Å². The molecule has 112 valence electrons. The maximum atomic E-state index is 12.4. The lowest BCUT2D eigenvalue weighted by Gasteiger charge is -2.19. The van der Waals surface area contributed by atoms with Crippen molar-refractivity contribution in [2.75, 3.05) is 27.3 Å². The summed E-state index contributed by atoms with van der Waals surface area (Å²) >= 11 is 0. The second-order valence-corrected chi connectivity index (χ2v) is 6.51. The van der Waals surface area contributed by atoms with Crippen molar-refractivity contribution >= 4 is 10.0 Å². The van der Waals surface area contributed by atoms with E-state index in [-0.39, 0.29) is 17.0 Å². The molecule has 1 heterocycles. The molecule has 0 spiro atoms. The van der Waals surface area contributed by atoms with Gasteiger partial charge in [0, 0.05) is 20.2 Å². The van der Waals surface area contributed by atoms with Crippen molar-refractivity contribution in [2.24, 2.45) is 0 Å². The highest BCUT2D eigenvalue weighted by molar-refractivity contribution is 7.89. The van der Waals surface area contributed by atoms with Crippen LogP contribution in [0.15, 0.2) is 23.1 Å². The molecule has 1 aromatic carbocycles. The van der Waals surface area contributed by atoms with Crippen LogP contribution in [0.5, 0.6) is 5.75 Å². The molecular formula is C13H20N2O4S. The van der Waals surface area contributed by atoms with Gasteiger partial charge in [-0.3, -0.25) is 0 Å². The number of sulfonamides is 1. The number of methoxy groups -OCH3 is 2. The Kier molecular flexibility index (Phi) is 4.64. The van der Waals surface area contributed by atoms with Crippen molar-refractivity contribution in [1.29, 1.82) is 0 Å². The predicted molar refractivity (Wildman–Crippen MR) is 75.5 cm³/mol. The Bertz CT molecular complexity index is 574. The lowest BCUT2D eigenvalue weighted by atomic mass is 10.2. The molecule has 1 aromatic rings. The van der Waals surface area contributed by atoms with E-state index in [0.29, 0.717) is 18.8 Å². The summed E-state index contributed by atoms with van der Waals surface area (Å²) in [6.07, 6.45) is -0.149. The molecule has 2 N–H and O–H groups in total. The van der Waals surface area contributed by atoms with Crippen LogP contribution in [0.2, 0.25) is 0 Å². The second kappa shape index (κ2) is 6.09. The van der Waals surface area contributed by atoms with Gasteiger partial charge in [0.2, 0.25) is 10.0 Å². The fourth-order valence-electron chi connectivity index (χ4n) is 2.31. The molecule has 0 bridgehead atoms. The van der Waals surface area contributed by atoms with Crippen molar-refractivity contribution < 1.29 is 17.9 Å². The Hall–Kier alpha value is -1.15. The van der Waals surface area contributed by atoms with E-state index < -0.39 is 10.0 Å². The Morgan fingerprint density at radius 1 is 1.30 bits per heavy atom. The Morgan fingerprint density at radius 3 is 2.65 bits per heavy atom. The first-order chi connectivity index (χ1) is 9.47. The SMILES string of the molecule is COc1ccc(S(=O)(=O)NC2CNC[C@@H]2OC)cc1C.